The van der Waals surface area contributed by atoms with Crippen LogP contribution in [-0.2, 0) is 9.53 Å². The van der Waals surface area contributed by atoms with Gasteiger partial charge in [-0.15, -0.1) is 0 Å². The number of carboxylic acids is 1. The zero-order chi connectivity index (χ0) is 18.6. The number of carbonyl (C=O) groups is 1. The number of ether oxygens (including phenoxy) is 3. The molecule has 0 amide bonds. The lowest BCUT2D eigenvalue weighted by Crippen LogP contribution is -2.60. The van der Waals surface area contributed by atoms with Crippen LogP contribution in [0.5, 0.6) is 11.5 Å². The Kier molecular flexibility index (Phi) is 6.34. The van der Waals surface area contributed by atoms with Crippen LogP contribution in [0.25, 0.3) is 6.08 Å². The molecule has 5 N–H and O–H groups in total. The van der Waals surface area contributed by atoms with Gasteiger partial charge < -0.3 is 39.7 Å². The maximum Gasteiger partial charge on any atom is 0.328 e. The lowest BCUT2D eigenvalue weighted by molar-refractivity contribution is -0.277. The zero-order valence-electron chi connectivity index (χ0n) is 13.3. The van der Waals surface area contributed by atoms with E-state index in [1.54, 1.807) is 6.07 Å². The Bertz CT molecular complexity index is 628. The van der Waals surface area contributed by atoms with Crippen molar-refractivity contribution >= 4 is 12.0 Å². The smallest absolute Gasteiger partial charge is 0.328 e. The third-order valence-electron chi connectivity index (χ3n) is 3.70. The maximum atomic E-state index is 10.6. The van der Waals surface area contributed by atoms with Crippen molar-refractivity contribution in [3.63, 3.8) is 0 Å². The van der Waals surface area contributed by atoms with E-state index in [4.69, 9.17) is 19.3 Å². The van der Waals surface area contributed by atoms with Gasteiger partial charge in [-0.1, -0.05) is 6.07 Å². The molecule has 0 aromatic heterocycles. The van der Waals surface area contributed by atoms with Crippen molar-refractivity contribution in [3.8, 4) is 11.5 Å². The summed E-state index contributed by atoms with van der Waals surface area (Å²) in [6.45, 7) is -0.569. The first-order valence-corrected chi connectivity index (χ1v) is 7.43. The highest BCUT2D eigenvalue weighted by Gasteiger charge is 2.44. The number of aliphatic carboxylic acids is 1. The van der Waals surface area contributed by atoms with Crippen LogP contribution in [-0.4, -0.2) is 75.9 Å². The van der Waals surface area contributed by atoms with Crippen molar-refractivity contribution in [1.29, 1.82) is 0 Å². The minimum Gasteiger partial charge on any atom is -0.493 e. The first kappa shape index (κ1) is 19.2. The summed E-state index contributed by atoms with van der Waals surface area (Å²) in [5.41, 5.74) is 0.542. The van der Waals surface area contributed by atoms with Gasteiger partial charge in [0.05, 0.1) is 13.7 Å². The lowest BCUT2D eigenvalue weighted by atomic mass is 9.99. The number of hydrogen-bond acceptors (Lipinski definition) is 8. The van der Waals surface area contributed by atoms with Crippen LogP contribution in [0, 0.1) is 0 Å². The third-order valence-corrected chi connectivity index (χ3v) is 3.70. The van der Waals surface area contributed by atoms with E-state index >= 15 is 0 Å². The number of rotatable bonds is 6. The van der Waals surface area contributed by atoms with E-state index in [2.05, 4.69) is 0 Å². The Morgan fingerprint density at radius 1 is 1.20 bits per heavy atom. The SMILES string of the molecule is COc1cc(/C=[13CH]\[13C](=O)O)ccc1O[C@@H]1O[C@H](CO)[C@@H](O)[C@H](O)[C@H]1O. The number of aliphatic hydroxyl groups is 4. The van der Waals surface area contributed by atoms with Crippen molar-refractivity contribution in [3.05, 3.63) is 29.8 Å². The lowest BCUT2D eigenvalue weighted by Gasteiger charge is -2.39. The largest absolute Gasteiger partial charge is 0.493 e. The predicted molar refractivity (Wildman–Crippen MR) is 84.1 cm³/mol. The summed E-state index contributed by atoms with van der Waals surface area (Å²) >= 11 is 0. The van der Waals surface area contributed by atoms with E-state index in [0.717, 1.165) is 6.08 Å². The Hall–Kier alpha value is -2.17. The molecule has 25 heavy (non-hydrogen) atoms. The first-order valence-electron chi connectivity index (χ1n) is 7.43. The van der Waals surface area contributed by atoms with Crippen molar-refractivity contribution in [2.24, 2.45) is 0 Å². The van der Waals surface area contributed by atoms with Gasteiger partial charge in [-0.3, -0.25) is 0 Å². The van der Waals surface area contributed by atoms with Crippen molar-refractivity contribution in [1.82, 2.24) is 0 Å². The van der Waals surface area contributed by atoms with Gasteiger partial charge in [0.25, 0.3) is 0 Å². The number of carboxylic acid groups (broad SMARTS) is 1. The second-order valence-corrected chi connectivity index (χ2v) is 5.40. The molecule has 1 aliphatic rings. The molecule has 1 saturated heterocycles. The highest BCUT2D eigenvalue weighted by Crippen LogP contribution is 2.32. The number of benzene rings is 1. The minimum absolute atomic E-state index is 0.166. The summed E-state index contributed by atoms with van der Waals surface area (Å²) in [7, 11) is 1.38. The van der Waals surface area contributed by atoms with Gasteiger partial charge in [0, 0.05) is 6.08 Å². The summed E-state index contributed by atoms with van der Waals surface area (Å²) in [5.74, 6) is -0.690. The zero-order valence-corrected chi connectivity index (χ0v) is 13.3. The summed E-state index contributed by atoms with van der Waals surface area (Å²) in [6.07, 6.45) is -4.69. The Morgan fingerprint density at radius 2 is 1.92 bits per heavy atom. The molecule has 0 unspecified atom stereocenters. The molecule has 9 heteroatoms. The van der Waals surface area contributed by atoms with Crippen LogP contribution in [0.1, 0.15) is 5.56 Å². The summed E-state index contributed by atoms with van der Waals surface area (Å²) in [5, 5.41) is 47.3. The molecule has 1 aliphatic heterocycles. The van der Waals surface area contributed by atoms with Crippen molar-refractivity contribution in [2.75, 3.05) is 13.7 Å². The Morgan fingerprint density at radius 3 is 2.52 bits per heavy atom. The molecule has 1 aromatic carbocycles. The fourth-order valence-corrected chi connectivity index (χ4v) is 2.34. The van der Waals surface area contributed by atoms with Crippen LogP contribution in [0.2, 0.25) is 0 Å². The summed E-state index contributed by atoms with van der Waals surface area (Å²) in [4.78, 5) is 10.6. The molecule has 138 valence electrons. The van der Waals surface area contributed by atoms with E-state index in [9.17, 15) is 25.2 Å². The average Bonchev–Trinajstić information content (AvgIpc) is 2.60. The van der Waals surface area contributed by atoms with Gasteiger partial charge in [-0.05, 0) is 23.8 Å². The first-order chi connectivity index (χ1) is 11.9. The maximum absolute atomic E-state index is 10.6. The second-order valence-electron chi connectivity index (χ2n) is 5.40. The van der Waals surface area contributed by atoms with Crippen molar-refractivity contribution < 1.29 is 44.5 Å². The van der Waals surface area contributed by atoms with Gasteiger partial charge in [0.1, 0.15) is 24.4 Å². The number of hydrogen-bond donors (Lipinski definition) is 5. The quantitative estimate of drug-likeness (QED) is 0.318. The van der Waals surface area contributed by atoms with Gasteiger partial charge in [0.2, 0.25) is 6.29 Å². The number of methoxy groups -OCH3 is 1. The molecule has 0 saturated carbocycles. The molecule has 0 radical (unpaired) electrons. The normalized spacial score (nSPS) is 29.6. The molecule has 0 spiro atoms. The fourth-order valence-electron chi connectivity index (χ4n) is 2.34. The minimum atomic E-state index is -1.56. The third kappa shape index (κ3) is 4.47. The molecule has 2 rings (SSSR count). The van der Waals surface area contributed by atoms with Gasteiger partial charge in [-0.25, -0.2) is 4.79 Å². The number of aliphatic hydroxyl groups excluding tert-OH is 4. The summed E-state index contributed by atoms with van der Waals surface area (Å²) in [6, 6.07) is 4.54. The topological polar surface area (TPSA) is 146 Å². The predicted octanol–water partition coefficient (Wildman–Crippen LogP) is -1.03. The fraction of sp³-hybridized carbons (Fsp3) is 0.438. The van der Waals surface area contributed by atoms with Crippen LogP contribution >= 0.6 is 0 Å². The van der Waals surface area contributed by atoms with E-state index in [1.807, 2.05) is 0 Å². The van der Waals surface area contributed by atoms with Crippen molar-refractivity contribution in [2.45, 2.75) is 30.7 Å². The standard InChI is InChI=1S/C16H20O9/c1-23-10-6-8(3-5-12(18)19)2-4-9(10)24-16-15(22)14(21)13(20)11(7-17)25-16/h2-6,11,13-17,20-22H,7H2,1H3,(H,18,19)/b5-3-/t11-,13-,14+,15-,16-/m1/s1/i5+1,12+1. The highest BCUT2D eigenvalue weighted by atomic mass is 16.7. The van der Waals surface area contributed by atoms with Crippen LogP contribution < -0.4 is 9.47 Å². The highest BCUT2D eigenvalue weighted by molar-refractivity contribution is 5.85. The van der Waals surface area contributed by atoms with E-state index in [0.29, 0.717) is 5.56 Å². The molecule has 9 nitrogen and oxygen atoms in total. The molecule has 1 heterocycles. The molecular weight excluding hydrogens is 338 g/mol. The van der Waals surface area contributed by atoms with Gasteiger partial charge >= 0.3 is 5.97 Å². The van der Waals surface area contributed by atoms with E-state index in [-0.39, 0.29) is 11.5 Å². The Labute approximate surface area is 143 Å². The average molecular weight is 358 g/mol. The van der Waals surface area contributed by atoms with Crippen LogP contribution in [0.3, 0.4) is 0 Å². The Balaban J connectivity index is 2.19. The molecule has 0 bridgehead atoms. The monoisotopic (exact) mass is 358 g/mol. The van der Waals surface area contributed by atoms with Crippen LogP contribution in [0.4, 0.5) is 0 Å². The molecule has 0 aliphatic carbocycles. The molecule has 5 atom stereocenters. The second kappa shape index (κ2) is 8.28. The molecule has 1 fully saturated rings. The summed E-state index contributed by atoms with van der Waals surface area (Å²) < 4.78 is 15.9. The van der Waals surface area contributed by atoms with E-state index in [1.165, 1.54) is 25.3 Å². The van der Waals surface area contributed by atoms with Crippen LogP contribution in [0.15, 0.2) is 24.3 Å². The molecule has 1 aromatic rings. The van der Waals surface area contributed by atoms with Gasteiger partial charge in [0.15, 0.2) is 11.5 Å². The molecular formula is C16H20O9. The van der Waals surface area contributed by atoms with E-state index < -0.39 is 43.3 Å². The van der Waals surface area contributed by atoms with Gasteiger partial charge in [-0.2, -0.15) is 0 Å².